The molecule has 0 aliphatic heterocycles. The van der Waals surface area contributed by atoms with Crippen molar-refractivity contribution in [3.05, 3.63) is 42.1 Å². The molecule has 0 amide bonds. The van der Waals surface area contributed by atoms with E-state index in [2.05, 4.69) is 4.98 Å². The summed E-state index contributed by atoms with van der Waals surface area (Å²) in [6.45, 7) is 0.0564. The zero-order chi connectivity index (χ0) is 11.4. The lowest BCUT2D eigenvalue weighted by Gasteiger charge is -2.01. The molecule has 0 fully saturated rings. The smallest absolute Gasteiger partial charge is 0.162 e. The maximum atomic E-state index is 11.7. The Morgan fingerprint density at radius 3 is 3.00 bits per heavy atom. The lowest BCUT2D eigenvalue weighted by molar-refractivity contribution is 0.0971. The number of aliphatic hydroxyl groups is 1. The van der Waals surface area contributed by atoms with E-state index in [-0.39, 0.29) is 12.4 Å². The fraction of sp³-hybridized carbons (Fsp3) is 0.231. The van der Waals surface area contributed by atoms with Gasteiger partial charge in [0.2, 0.25) is 0 Å². The number of aromatic nitrogens is 1. The molecule has 0 bridgehead atoms. The first kappa shape index (κ1) is 10.8. The number of pyridine rings is 1. The summed E-state index contributed by atoms with van der Waals surface area (Å²) in [5.74, 6) is 0.0693. The Morgan fingerprint density at radius 1 is 1.31 bits per heavy atom. The maximum Gasteiger partial charge on any atom is 0.162 e. The van der Waals surface area contributed by atoms with Gasteiger partial charge in [-0.25, -0.2) is 0 Å². The summed E-state index contributed by atoms with van der Waals surface area (Å²) in [6.07, 6.45) is 2.64. The third kappa shape index (κ3) is 2.25. The Kier molecular flexibility index (Phi) is 3.27. The van der Waals surface area contributed by atoms with Gasteiger partial charge in [-0.2, -0.15) is 0 Å². The first-order valence-corrected chi connectivity index (χ1v) is 5.30. The van der Waals surface area contributed by atoms with E-state index in [1.165, 1.54) is 0 Å². The molecule has 16 heavy (non-hydrogen) atoms. The summed E-state index contributed by atoms with van der Waals surface area (Å²) in [5.41, 5.74) is 1.58. The maximum absolute atomic E-state index is 11.7. The third-order valence-corrected chi connectivity index (χ3v) is 2.49. The molecule has 0 atom stereocenters. The van der Waals surface area contributed by atoms with Gasteiger partial charge in [0.1, 0.15) is 0 Å². The highest BCUT2D eigenvalue weighted by atomic mass is 16.3. The fourth-order valence-electron chi connectivity index (χ4n) is 1.63. The van der Waals surface area contributed by atoms with Crippen molar-refractivity contribution in [1.29, 1.82) is 0 Å². The number of rotatable bonds is 4. The van der Waals surface area contributed by atoms with E-state index in [0.29, 0.717) is 18.4 Å². The Labute approximate surface area is 93.7 Å². The van der Waals surface area contributed by atoms with E-state index in [9.17, 15) is 4.79 Å². The normalized spacial score (nSPS) is 10.6. The molecule has 1 heterocycles. The molecule has 82 valence electrons. The zero-order valence-electron chi connectivity index (χ0n) is 8.89. The van der Waals surface area contributed by atoms with Crippen LogP contribution in [0, 0.1) is 0 Å². The van der Waals surface area contributed by atoms with Gasteiger partial charge in [-0.15, -0.1) is 0 Å². The molecule has 2 aromatic rings. The quantitative estimate of drug-likeness (QED) is 0.795. The monoisotopic (exact) mass is 215 g/mol. The Morgan fingerprint density at radius 2 is 2.19 bits per heavy atom. The van der Waals surface area contributed by atoms with Gasteiger partial charge in [0.15, 0.2) is 5.78 Å². The van der Waals surface area contributed by atoms with Gasteiger partial charge in [-0.05, 0) is 30.7 Å². The number of Topliss-reactive ketones (excluding diaryl/α,β-unsaturated/α-hetero) is 1. The number of aliphatic hydroxyl groups excluding tert-OH is 1. The Balaban J connectivity index is 2.28. The van der Waals surface area contributed by atoms with E-state index in [1.807, 2.05) is 24.3 Å². The molecule has 0 aliphatic rings. The molecule has 0 radical (unpaired) electrons. The molecule has 0 aliphatic carbocycles. The lowest BCUT2D eigenvalue weighted by Crippen LogP contribution is -2.00. The second-order valence-electron chi connectivity index (χ2n) is 3.66. The number of hydrogen-bond donors (Lipinski definition) is 1. The van der Waals surface area contributed by atoms with Crippen LogP contribution >= 0.6 is 0 Å². The van der Waals surface area contributed by atoms with Crippen LogP contribution < -0.4 is 0 Å². The summed E-state index contributed by atoms with van der Waals surface area (Å²) in [4.78, 5) is 15.9. The SMILES string of the molecule is O=C(CCCO)c1ccc2ncccc2c1. The Bertz CT molecular complexity index is 508. The summed E-state index contributed by atoms with van der Waals surface area (Å²) in [5, 5.41) is 9.64. The van der Waals surface area contributed by atoms with Crippen LogP contribution in [0.1, 0.15) is 23.2 Å². The summed E-state index contributed by atoms with van der Waals surface area (Å²) < 4.78 is 0. The largest absolute Gasteiger partial charge is 0.396 e. The number of carbonyl (C=O) groups excluding carboxylic acids is 1. The number of ketones is 1. The second kappa shape index (κ2) is 4.86. The van der Waals surface area contributed by atoms with E-state index in [1.54, 1.807) is 12.3 Å². The zero-order valence-corrected chi connectivity index (χ0v) is 8.89. The average Bonchev–Trinajstić information content (AvgIpc) is 2.35. The standard InChI is InChI=1S/C13H13NO2/c15-8-2-4-13(16)11-5-6-12-10(9-11)3-1-7-14-12/h1,3,5-7,9,15H,2,4,8H2. The van der Waals surface area contributed by atoms with Crippen molar-refractivity contribution in [3.63, 3.8) is 0 Å². The van der Waals surface area contributed by atoms with Crippen LogP contribution in [0.15, 0.2) is 36.5 Å². The summed E-state index contributed by atoms with van der Waals surface area (Å²) in [6, 6.07) is 9.27. The molecule has 1 aromatic carbocycles. The summed E-state index contributed by atoms with van der Waals surface area (Å²) in [7, 11) is 0. The number of nitrogens with zero attached hydrogens (tertiary/aromatic N) is 1. The van der Waals surface area contributed by atoms with Crippen LogP contribution in [-0.2, 0) is 0 Å². The molecule has 1 N–H and O–H groups in total. The first-order valence-electron chi connectivity index (χ1n) is 5.30. The number of carbonyl (C=O) groups is 1. The third-order valence-electron chi connectivity index (χ3n) is 2.49. The second-order valence-corrected chi connectivity index (χ2v) is 3.66. The first-order chi connectivity index (χ1) is 7.81. The van der Waals surface area contributed by atoms with Crippen LogP contribution in [0.5, 0.6) is 0 Å². The van der Waals surface area contributed by atoms with Crippen molar-refractivity contribution in [1.82, 2.24) is 4.98 Å². The van der Waals surface area contributed by atoms with Crippen molar-refractivity contribution in [2.75, 3.05) is 6.61 Å². The van der Waals surface area contributed by atoms with Crippen LogP contribution in [-0.4, -0.2) is 22.5 Å². The van der Waals surface area contributed by atoms with Crippen molar-refractivity contribution >= 4 is 16.7 Å². The molecule has 3 heteroatoms. The molecule has 0 unspecified atom stereocenters. The highest BCUT2D eigenvalue weighted by molar-refractivity contribution is 5.99. The van der Waals surface area contributed by atoms with Crippen molar-refractivity contribution < 1.29 is 9.90 Å². The predicted octanol–water partition coefficient (Wildman–Crippen LogP) is 2.19. The summed E-state index contributed by atoms with van der Waals surface area (Å²) >= 11 is 0. The molecule has 0 spiro atoms. The minimum atomic E-state index is 0.0564. The molecule has 2 rings (SSSR count). The van der Waals surface area contributed by atoms with Crippen molar-refractivity contribution in [2.24, 2.45) is 0 Å². The van der Waals surface area contributed by atoms with Gasteiger partial charge in [-0.3, -0.25) is 9.78 Å². The minimum absolute atomic E-state index is 0.0564. The van der Waals surface area contributed by atoms with Crippen LogP contribution in [0.25, 0.3) is 10.9 Å². The van der Waals surface area contributed by atoms with Crippen LogP contribution in [0.4, 0.5) is 0 Å². The van der Waals surface area contributed by atoms with Gasteiger partial charge in [-0.1, -0.05) is 6.07 Å². The van der Waals surface area contributed by atoms with Gasteiger partial charge >= 0.3 is 0 Å². The molecule has 3 nitrogen and oxygen atoms in total. The number of hydrogen-bond acceptors (Lipinski definition) is 3. The topological polar surface area (TPSA) is 50.2 Å². The van der Waals surface area contributed by atoms with Gasteiger partial charge in [0.25, 0.3) is 0 Å². The predicted molar refractivity (Wildman–Crippen MR) is 62.4 cm³/mol. The highest BCUT2D eigenvalue weighted by Crippen LogP contribution is 2.14. The van der Waals surface area contributed by atoms with Crippen LogP contribution in [0.2, 0.25) is 0 Å². The fourth-order valence-corrected chi connectivity index (χ4v) is 1.63. The molecule has 1 aromatic heterocycles. The van der Waals surface area contributed by atoms with E-state index in [4.69, 9.17) is 5.11 Å². The Hall–Kier alpha value is -1.74. The van der Waals surface area contributed by atoms with Gasteiger partial charge in [0, 0.05) is 30.2 Å². The molecule has 0 saturated carbocycles. The molecule has 0 saturated heterocycles. The van der Waals surface area contributed by atoms with E-state index >= 15 is 0 Å². The average molecular weight is 215 g/mol. The van der Waals surface area contributed by atoms with E-state index in [0.717, 1.165) is 10.9 Å². The number of benzene rings is 1. The number of fused-ring (bicyclic) bond motifs is 1. The lowest BCUT2D eigenvalue weighted by atomic mass is 10.0. The molecular formula is C13H13NO2. The van der Waals surface area contributed by atoms with Crippen molar-refractivity contribution in [2.45, 2.75) is 12.8 Å². The van der Waals surface area contributed by atoms with Gasteiger partial charge < -0.3 is 5.11 Å². The van der Waals surface area contributed by atoms with Crippen LogP contribution in [0.3, 0.4) is 0 Å². The van der Waals surface area contributed by atoms with Crippen molar-refractivity contribution in [3.8, 4) is 0 Å². The van der Waals surface area contributed by atoms with E-state index < -0.39 is 0 Å². The van der Waals surface area contributed by atoms with Gasteiger partial charge in [0.05, 0.1) is 5.52 Å². The highest BCUT2D eigenvalue weighted by Gasteiger charge is 2.05. The minimum Gasteiger partial charge on any atom is -0.396 e. The molecular weight excluding hydrogens is 202 g/mol.